The number of benzene rings is 1. The molecule has 2 rings (SSSR count). The number of hydroxylamine groups is 1. The lowest BCUT2D eigenvalue weighted by atomic mass is 10.1. The monoisotopic (exact) mass is 298 g/mol. The van der Waals surface area contributed by atoms with Crippen molar-refractivity contribution in [2.75, 3.05) is 13.7 Å². The number of nitrogens with one attached hydrogen (secondary N) is 1. The number of nitrogens with zero attached hydrogens (tertiary/aromatic N) is 1. The zero-order valence-electron chi connectivity index (χ0n) is 12.4. The first-order chi connectivity index (χ1) is 10.8. The van der Waals surface area contributed by atoms with E-state index >= 15 is 0 Å². The molecule has 0 fully saturated rings. The van der Waals surface area contributed by atoms with Crippen LogP contribution < -0.4 is 5.48 Å². The number of hydrogen-bond donors (Lipinski definition) is 1. The second-order valence-electron chi connectivity index (χ2n) is 4.54. The van der Waals surface area contributed by atoms with Crippen LogP contribution in [0.25, 0.3) is 6.08 Å². The summed E-state index contributed by atoms with van der Waals surface area (Å²) < 4.78 is 4.78. The van der Waals surface area contributed by atoms with E-state index in [-0.39, 0.29) is 6.54 Å². The van der Waals surface area contributed by atoms with E-state index < -0.39 is 5.97 Å². The average Bonchev–Trinajstić information content (AvgIpc) is 2.58. The van der Waals surface area contributed by atoms with E-state index in [0.717, 1.165) is 11.1 Å². The Hall–Kier alpha value is -2.50. The van der Waals surface area contributed by atoms with Crippen molar-refractivity contribution in [3.63, 3.8) is 0 Å². The van der Waals surface area contributed by atoms with Gasteiger partial charge in [0.15, 0.2) is 0 Å². The molecule has 1 N–H and O–H groups in total. The van der Waals surface area contributed by atoms with E-state index in [1.165, 1.54) is 7.11 Å². The number of aromatic nitrogens is 1. The predicted octanol–water partition coefficient (Wildman–Crippen LogP) is 2.36. The first-order valence-electron chi connectivity index (χ1n) is 6.87. The van der Waals surface area contributed by atoms with E-state index in [1.54, 1.807) is 18.5 Å². The molecule has 0 saturated carbocycles. The summed E-state index contributed by atoms with van der Waals surface area (Å²) in [7, 11) is 1.35. The molecule has 5 heteroatoms. The van der Waals surface area contributed by atoms with Crippen LogP contribution in [-0.4, -0.2) is 24.6 Å². The van der Waals surface area contributed by atoms with Gasteiger partial charge >= 0.3 is 5.97 Å². The highest BCUT2D eigenvalue weighted by atomic mass is 16.6. The Morgan fingerprint density at radius 3 is 2.59 bits per heavy atom. The van der Waals surface area contributed by atoms with E-state index in [2.05, 4.69) is 10.5 Å². The minimum absolute atomic E-state index is 0.252. The molecule has 0 radical (unpaired) electrons. The molecule has 2 aromatic rings. The van der Waals surface area contributed by atoms with Gasteiger partial charge in [0.1, 0.15) is 0 Å². The Kier molecular flexibility index (Phi) is 6.29. The van der Waals surface area contributed by atoms with Crippen LogP contribution in [0.5, 0.6) is 0 Å². The van der Waals surface area contributed by atoms with E-state index in [9.17, 15) is 4.79 Å². The fraction of sp³-hybridized carbons (Fsp3) is 0.176. The molecule has 0 atom stereocenters. The van der Waals surface area contributed by atoms with Gasteiger partial charge in [0.05, 0.1) is 25.8 Å². The number of ether oxygens (including phenoxy) is 1. The molecule has 5 nitrogen and oxygen atoms in total. The maximum Gasteiger partial charge on any atom is 0.335 e. The highest BCUT2D eigenvalue weighted by Crippen LogP contribution is 2.07. The molecule has 22 heavy (non-hydrogen) atoms. The van der Waals surface area contributed by atoms with Gasteiger partial charge in [-0.25, -0.2) is 4.79 Å². The summed E-state index contributed by atoms with van der Waals surface area (Å²) in [5.41, 5.74) is 5.18. The molecular formula is C17H18N2O3. The fourth-order valence-electron chi connectivity index (χ4n) is 1.81. The summed E-state index contributed by atoms with van der Waals surface area (Å²) in [6.07, 6.45) is 5.08. The van der Waals surface area contributed by atoms with E-state index in [0.29, 0.717) is 12.2 Å². The van der Waals surface area contributed by atoms with Crippen LogP contribution in [-0.2, 0) is 21.0 Å². The molecule has 1 heterocycles. The standard InChI is InChI=1S/C17H18N2O3/c1-21-17(20)16(11-14-7-9-18-10-8-14)12-19-22-13-15-5-3-2-4-6-15/h2-11,19H,12-13H2,1H3/b16-11+. The van der Waals surface area contributed by atoms with Gasteiger partial charge in [0.2, 0.25) is 0 Å². The van der Waals surface area contributed by atoms with Crippen molar-refractivity contribution in [1.29, 1.82) is 0 Å². The van der Waals surface area contributed by atoms with Crippen molar-refractivity contribution in [3.8, 4) is 0 Å². The summed E-state index contributed by atoms with van der Waals surface area (Å²) in [6, 6.07) is 13.4. The Morgan fingerprint density at radius 1 is 1.18 bits per heavy atom. The summed E-state index contributed by atoms with van der Waals surface area (Å²) >= 11 is 0. The summed E-state index contributed by atoms with van der Waals surface area (Å²) in [6.45, 7) is 0.673. The molecule has 0 saturated heterocycles. The molecule has 114 valence electrons. The average molecular weight is 298 g/mol. The third-order valence-electron chi connectivity index (χ3n) is 2.94. The molecule has 0 spiro atoms. The maximum atomic E-state index is 11.8. The second kappa shape index (κ2) is 8.71. The first kappa shape index (κ1) is 15.9. The number of rotatable bonds is 7. The Morgan fingerprint density at radius 2 is 1.91 bits per heavy atom. The highest BCUT2D eigenvalue weighted by Gasteiger charge is 2.09. The Balaban J connectivity index is 1.90. The smallest absolute Gasteiger partial charge is 0.335 e. The minimum atomic E-state index is -0.396. The zero-order valence-corrected chi connectivity index (χ0v) is 12.4. The van der Waals surface area contributed by atoms with Crippen LogP contribution in [0, 0.1) is 0 Å². The molecule has 0 unspecified atom stereocenters. The van der Waals surface area contributed by atoms with Gasteiger partial charge in [-0.3, -0.25) is 9.82 Å². The fourth-order valence-corrected chi connectivity index (χ4v) is 1.81. The van der Waals surface area contributed by atoms with Crippen LogP contribution in [0.1, 0.15) is 11.1 Å². The molecule has 0 amide bonds. The van der Waals surface area contributed by atoms with Crippen molar-refractivity contribution in [1.82, 2.24) is 10.5 Å². The quantitative estimate of drug-likeness (QED) is 0.368. The molecule has 0 aliphatic heterocycles. The van der Waals surface area contributed by atoms with Gasteiger partial charge in [0.25, 0.3) is 0 Å². The van der Waals surface area contributed by atoms with Crippen molar-refractivity contribution < 1.29 is 14.4 Å². The van der Waals surface area contributed by atoms with Crippen LogP contribution in [0.4, 0.5) is 0 Å². The molecule has 0 bridgehead atoms. The van der Waals surface area contributed by atoms with Gasteiger partial charge in [-0.2, -0.15) is 5.48 Å². The molecule has 1 aromatic heterocycles. The number of pyridine rings is 1. The van der Waals surface area contributed by atoms with Crippen molar-refractivity contribution >= 4 is 12.0 Å². The number of esters is 1. The van der Waals surface area contributed by atoms with E-state index in [4.69, 9.17) is 9.57 Å². The number of hydrogen-bond acceptors (Lipinski definition) is 5. The third-order valence-corrected chi connectivity index (χ3v) is 2.94. The van der Waals surface area contributed by atoms with Crippen LogP contribution in [0.3, 0.4) is 0 Å². The molecule has 1 aromatic carbocycles. The minimum Gasteiger partial charge on any atom is -0.466 e. The Labute approximate surface area is 129 Å². The van der Waals surface area contributed by atoms with Crippen molar-refractivity contribution in [2.45, 2.75) is 6.61 Å². The van der Waals surface area contributed by atoms with Gasteiger partial charge < -0.3 is 4.74 Å². The second-order valence-corrected chi connectivity index (χ2v) is 4.54. The maximum absolute atomic E-state index is 11.8. The van der Waals surface area contributed by atoms with Crippen molar-refractivity contribution in [2.24, 2.45) is 0 Å². The number of methoxy groups -OCH3 is 1. The van der Waals surface area contributed by atoms with E-state index in [1.807, 2.05) is 42.5 Å². The predicted molar refractivity (Wildman–Crippen MR) is 83.5 cm³/mol. The van der Waals surface area contributed by atoms with Crippen LogP contribution in [0.2, 0.25) is 0 Å². The topological polar surface area (TPSA) is 60.5 Å². The lowest BCUT2D eigenvalue weighted by molar-refractivity contribution is -0.136. The Bertz CT molecular complexity index is 612. The highest BCUT2D eigenvalue weighted by molar-refractivity contribution is 5.94. The number of carbonyl (C=O) groups is 1. The third kappa shape index (κ3) is 5.12. The summed E-state index contributed by atoms with van der Waals surface area (Å²) in [4.78, 5) is 21.1. The first-order valence-corrected chi connectivity index (χ1v) is 6.87. The van der Waals surface area contributed by atoms with Gasteiger partial charge in [-0.05, 0) is 29.3 Å². The summed E-state index contributed by atoms with van der Waals surface area (Å²) in [5, 5.41) is 0. The zero-order chi connectivity index (χ0) is 15.6. The normalized spacial score (nSPS) is 11.2. The van der Waals surface area contributed by atoms with Gasteiger partial charge in [-0.15, -0.1) is 0 Å². The molecule has 0 aliphatic rings. The largest absolute Gasteiger partial charge is 0.466 e. The van der Waals surface area contributed by atoms with Crippen LogP contribution in [0.15, 0.2) is 60.4 Å². The summed E-state index contributed by atoms with van der Waals surface area (Å²) in [5.74, 6) is -0.396. The van der Waals surface area contributed by atoms with Crippen LogP contribution >= 0.6 is 0 Å². The number of carbonyl (C=O) groups excluding carboxylic acids is 1. The van der Waals surface area contributed by atoms with Gasteiger partial charge in [-0.1, -0.05) is 30.3 Å². The van der Waals surface area contributed by atoms with Crippen molar-refractivity contribution in [3.05, 3.63) is 71.6 Å². The van der Waals surface area contributed by atoms with Gasteiger partial charge in [0, 0.05) is 12.4 Å². The molecular weight excluding hydrogens is 280 g/mol. The lowest BCUT2D eigenvalue weighted by Gasteiger charge is -2.08. The SMILES string of the molecule is COC(=O)/C(=C/c1ccncc1)CNOCc1ccccc1. The lowest BCUT2D eigenvalue weighted by Crippen LogP contribution is -2.22. The molecule has 0 aliphatic carbocycles.